The van der Waals surface area contributed by atoms with Gasteiger partial charge in [-0.05, 0) is 43.6 Å². The first-order valence-corrected chi connectivity index (χ1v) is 7.29. The van der Waals surface area contributed by atoms with Gasteiger partial charge in [0.2, 0.25) is 0 Å². The Morgan fingerprint density at radius 1 is 1.52 bits per heavy atom. The van der Waals surface area contributed by atoms with E-state index in [1.165, 1.54) is 13.1 Å². The monoisotopic (exact) mass is 361 g/mol. The number of halogens is 1. The maximum Gasteiger partial charge on any atom is 0.289 e. The molecule has 0 aliphatic rings. The van der Waals surface area contributed by atoms with Crippen molar-refractivity contribution in [3.05, 3.63) is 36.7 Å². The molecular formula is C13H20BrN3O4. The largest absolute Gasteiger partial charge is 0.390 e. The molecule has 1 atom stereocenters. The van der Waals surface area contributed by atoms with Gasteiger partial charge in [0.25, 0.3) is 11.2 Å². The summed E-state index contributed by atoms with van der Waals surface area (Å²) >= 11 is 3.07. The topological polar surface area (TPSA) is 97.4 Å². The van der Waals surface area contributed by atoms with E-state index in [-0.39, 0.29) is 34.4 Å². The molecule has 1 aromatic rings. The predicted molar refractivity (Wildman–Crippen MR) is 83.6 cm³/mol. The van der Waals surface area contributed by atoms with Crippen LogP contribution in [-0.2, 0) is 6.54 Å². The lowest BCUT2D eigenvalue weighted by Crippen LogP contribution is -2.42. The van der Waals surface area contributed by atoms with Crippen LogP contribution in [0.1, 0.15) is 26.3 Å². The first-order chi connectivity index (χ1) is 9.53. The van der Waals surface area contributed by atoms with E-state index < -0.39 is 16.6 Å². The van der Waals surface area contributed by atoms with Crippen molar-refractivity contribution in [1.29, 1.82) is 0 Å². The van der Waals surface area contributed by atoms with Crippen LogP contribution in [0.5, 0.6) is 0 Å². The van der Waals surface area contributed by atoms with Gasteiger partial charge in [0.1, 0.15) is 0 Å². The second-order valence-corrected chi connectivity index (χ2v) is 6.75. The molecule has 21 heavy (non-hydrogen) atoms. The molecule has 0 radical (unpaired) electrons. The fraction of sp³-hybridized carbons (Fsp3) is 0.615. The number of pyridine rings is 1. The molecule has 0 saturated carbocycles. The molecule has 0 fully saturated rings. The van der Waals surface area contributed by atoms with Crippen LogP contribution in [0, 0.1) is 17.0 Å². The van der Waals surface area contributed by atoms with E-state index >= 15 is 0 Å². The summed E-state index contributed by atoms with van der Waals surface area (Å²) in [5.41, 5.74) is -0.430. The number of nitrogens with zero attached hydrogens (tertiary/aromatic N) is 2. The van der Waals surface area contributed by atoms with E-state index in [9.17, 15) is 20.0 Å². The summed E-state index contributed by atoms with van der Waals surface area (Å²) in [7, 11) is 0. The van der Waals surface area contributed by atoms with Crippen LogP contribution < -0.4 is 10.9 Å². The van der Waals surface area contributed by atoms with Crippen molar-refractivity contribution in [3.63, 3.8) is 0 Å². The summed E-state index contributed by atoms with van der Waals surface area (Å²) in [5, 5.41) is 24.1. The van der Waals surface area contributed by atoms with Crippen molar-refractivity contribution in [1.82, 2.24) is 9.88 Å². The smallest absolute Gasteiger partial charge is 0.289 e. The third-order valence-electron chi connectivity index (χ3n) is 2.91. The van der Waals surface area contributed by atoms with E-state index in [0.29, 0.717) is 0 Å². The Morgan fingerprint density at radius 3 is 2.57 bits per heavy atom. The minimum absolute atomic E-state index is 0.0123. The standard InChI is InChI=1S/C13H20BrN3O4/c1-8-10(17(20)21)7-16(12(19)11(8)14)6-9(18)5-15-13(2,3)4/h7,9,15,18H,5-6H2,1-4H3. The molecule has 1 unspecified atom stereocenters. The zero-order valence-electron chi connectivity index (χ0n) is 12.5. The Kier molecular flexibility index (Phi) is 5.66. The van der Waals surface area contributed by atoms with Gasteiger partial charge < -0.3 is 15.0 Å². The fourth-order valence-corrected chi connectivity index (χ4v) is 2.17. The van der Waals surface area contributed by atoms with Gasteiger partial charge in [0.05, 0.1) is 28.2 Å². The van der Waals surface area contributed by atoms with Gasteiger partial charge in [0.15, 0.2) is 0 Å². The summed E-state index contributed by atoms with van der Waals surface area (Å²) in [6, 6.07) is 0. The number of nitrogens with one attached hydrogen (secondary N) is 1. The van der Waals surface area contributed by atoms with Crippen molar-refractivity contribution in [3.8, 4) is 0 Å². The van der Waals surface area contributed by atoms with E-state index in [0.717, 1.165) is 4.57 Å². The van der Waals surface area contributed by atoms with Crippen molar-refractivity contribution in [2.45, 2.75) is 45.9 Å². The van der Waals surface area contributed by atoms with Gasteiger partial charge in [0, 0.05) is 17.6 Å². The lowest BCUT2D eigenvalue weighted by molar-refractivity contribution is -0.386. The predicted octanol–water partition coefficient (Wildman–Crippen LogP) is 1.58. The molecule has 0 bridgehead atoms. The Hall–Kier alpha value is -1.25. The van der Waals surface area contributed by atoms with Crippen LogP contribution in [-0.4, -0.2) is 32.8 Å². The summed E-state index contributed by atoms with van der Waals surface area (Å²) in [4.78, 5) is 22.5. The van der Waals surface area contributed by atoms with Gasteiger partial charge in [-0.2, -0.15) is 0 Å². The molecule has 1 heterocycles. The highest BCUT2D eigenvalue weighted by Crippen LogP contribution is 2.22. The van der Waals surface area contributed by atoms with Gasteiger partial charge in [-0.1, -0.05) is 0 Å². The van der Waals surface area contributed by atoms with E-state index in [2.05, 4.69) is 21.2 Å². The quantitative estimate of drug-likeness (QED) is 0.612. The van der Waals surface area contributed by atoms with Gasteiger partial charge in [-0.25, -0.2) is 0 Å². The molecule has 0 amide bonds. The third-order valence-corrected chi connectivity index (χ3v) is 3.85. The summed E-state index contributed by atoms with van der Waals surface area (Å²) in [6.07, 6.45) is 0.346. The highest BCUT2D eigenvalue weighted by molar-refractivity contribution is 9.10. The third kappa shape index (κ3) is 4.90. The van der Waals surface area contributed by atoms with Crippen LogP contribution in [0.25, 0.3) is 0 Å². The summed E-state index contributed by atoms with van der Waals surface area (Å²) in [6.45, 7) is 7.65. The zero-order valence-corrected chi connectivity index (χ0v) is 14.1. The lowest BCUT2D eigenvalue weighted by Gasteiger charge is -2.23. The number of hydrogen-bond acceptors (Lipinski definition) is 5. The van der Waals surface area contributed by atoms with E-state index in [4.69, 9.17) is 0 Å². The maximum atomic E-state index is 12.1. The molecule has 0 spiro atoms. The molecule has 2 N–H and O–H groups in total. The van der Waals surface area contributed by atoms with Gasteiger partial charge in [-0.3, -0.25) is 14.9 Å². The van der Waals surface area contributed by atoms with Crippen molar-refractivity contribution in [2.24, 2.45) is 0 Å². The summed E-state index contributed by atoms with van der Waals surface area (Å²) in [5.74, 6) is 0. The number of aliphatic hydroxyl groups is 1. The minimum Gasteiger partial charge on any atom is -0.390 e. The minimum atomic E-state index is -0.823. The number of nitro groups is 1. The number of rotatable bonds is 5. The molecule has 7 nitrogen and oxygen atoms in total. The molecule has 0 aliphatic carbocycles. The first kappa shape index (κ1) is 17.8. The summed E-state index contributed by atoms with van der Waals surface area (Å²) < 4.78 is 1.30. The fourth-order valence-electron chi connectivity index (χ4n) is 1.74. The highest BCUT2D eigenvalue weighted by atomic mass is 79.9. The number of hydrogen-bond donors (Lipinski definition) is 2. The molecule has 0 aliphatic heterocycles. The molecular weight excluding hydrogens is 342 g/mol. The number of aromatic nitrogens is 1. The van der Waals surface area contributed by atoms with Crippen LogP contribution in [0.15, 0.2) is 15.5 Å². The average molecular weight is 362 g/mol. The second-order valence-electron chi connectivity index (χ2n) is 5.95. The normalized spacial score (nSPS) is 13.2. The van der Waals surface area contributed by atoms with Gasteiger partial charge in [-0.15, -0.1) is 0 Å². The van der Waals surface area contributed by atoms with Gasteiger partial charge >= 0.3 is 0 Å². The van der Waals surface area contributed by atoms with Crippen molar-refractivity contribution < 1.29 is 10.0 Å². The molecule has 0 saturated heterocycles. The number of aliphatic hydroxyl groups excluding tert-OH is 1. The maximum absolute atomic E-state index is 12.1. The van der Waals surface area contributed by atoms with Crippen LogP contribution in [0.4, 0.5) is 5.69 Å². The van der Waals surface area contributed by atoms with Crippen LogP contribution in [0.2, 0.25) is 0 Å². The molecule has 118 valence electrons. The molecule has 1 rings (SSSR count). The molecule has 0 aromatic carbocycles. The Morgan fingerprint density at radius 2 is 2.10 bits per heavy atom. The average Bonchev–Trinajstić information content (AvgIpc) is 2.36. The van der Waals surface area contributed by atoms with Crippen LogP contribution in [0.3, 0.4) is 0 Å². The SMILES string of the molecule is Cc1c([N+](=O)[O-])cn(CC(O)CNC(C)(C)C)c(=O)c1Br. The second kappa shape index (κ2) is 6.67. The first-order valence-electron chi connectivity index (χ1n) is 6.50. The Balaban J connectivity index is 2.98. The molecule has 1 aromatic heterocycles. The van der Waals surface area contributed by atoms with Crippen LogP contribution >= 0.6 is 15.9 Å². The Bertz CT molecular complexity index is 592. The number of β-amino-alcohol motifs (C(OH)–C–C–N with tert-alkyl or cyclic N) is 1. The van der Waals surface area contributed by atoms with Crippen molar-refractivity contribution >= 4 is 21.6 Å². The highest BCUT2D eigenvalue weighted by Gasteiger charge is 2.20. The zero-order chi connectivity index (χ0) is 16.4. The molecule has 8 heteroatoms. The van der Waals surface area contributed by atoms with E-state index in [1.807, 2.05) is 20.8 Å². The van der Waals surface area contributed by atoms with Crippen molar-refractivity contribution in [2.75, 3.05) is 6.54 Å². The Labute approximate surface area is 131 Å². The lowest BCUT2D eigenvalue weighted by atomic mass is 10.1. The van der Waals surface area contributed by atoms with E-state index in [1.54, 1.807) is 0 Å².